The minimum Gasteiger partial charge on any atom is -0.395 e. The van der Waals surface area contributed by atoms with Crippen LogP contribution in [0.15, 0.2) is 0 Å². The lowest BCUT2D eigenvalue weighted by Crippen LogP contribution is -2.58. The number of nitrogens with zero attached hydrogens (tertiary/aromatic N) is 4. The van der Waals surface area contributed by atoms with Crippen molar-refractivity contribution in [1.82, 2.24) is 19.6 Å². The Bertz CT molecular complexity index is 426. The molecule has 3 aliphatic rings. The van der Waals surface area contributed by atoms with Crippen LogP contribution in [-0.2, 0) is 0 Å². The van der Waals surface area contributed by atoms with Gasteiger partial charge < -0.3 is 10.0 Å². The zero-order chi connectivity index (χ0) is 18.7. The molecule has 5 heteroatoms. The molecule has 26 heavy (non-hydrogen) atoms. The van der Waals surface area contributed by atoms with Crippen LogP contribution < -0.4 is 0 Å². The van der Waals surface area contributed by atoms with Crippen LogP contribution in [0, 0.1) is 5.92 Å². The van der Waals surface area contributed by atoms with Crippen LogP contribution in [-0.4, -0.2) is 108 Å². The number of hydrogen-bond donors (Lipinski definition) is 1. The second-order valence-corrected chi connectivity index (χ2v) is 9.55. The number of likely N-dealkylation sites (tertiary alicyclic amines) is 2. The summed E-state index contributed by atoms with van der Waals surface area (Å²) in [6, 6.07) is 1.51. The maximum atomic E-state index is 9.15. The zero-order valence-corrected chi connectivity index (χ0v) is 17.7. The highest BCUT2D eigenvalue weighted by atomic mass is 16.3. The summed E-state index contributed by atoms with van der Waals surface area (Å²) >= 11 is 0. The normalized spacial score (nSPS) is 29.1. The van der Waals surface area contributed by atoms with E-state index in [0.29, 0.717) is 11.6 Å². The van der Waals surface area contributed by atoms with Gasteiger partial charge in [0, 0.05) is 56.9 Å². The summed E-state index contributed by atoms with van der Waals surface area (Å²) in [7, 11) is 0. The van der Waals surface area contributed by atoms with Crippen molar-refractivity contribution in [2.45, 2.75) is 64.6 Å². The maximum absolute atomic E-state index is 9.15. The molecule has 0 aromatic rings. The van der Waals surface area contributed by atoms with E-state index < -0.39 is 0 Å². The van der Waals surface area contributed by atoms with Crippen molar-refractivity contribution in [3.05, 3.63) is 0 Å². The summed E-state index contributed by atoms with van der Waals surface area (Å²) < 4.78 is 0. The van der Waals surface area contributed by atoms with E-state index in [-0.39, 0.29) is 6.61 Å². The fourth-order valence-corrected chi connectivity index (χ4v) is 5.41. The van der Waals surface area contributed by atoms with Gasteiger partial charge in [0.25, 0.3) is 0 Å². The maximum Gasteiger partial charge on any atom is 0.0558 e. The number of aliphatic hydroxyl groups is 1. The Morgan fingerprint density at radius 2 is 1.58 bits per heavy atom. The van der Waals surface area contributed by atoms with Crippen LogP contribution in [0.2, 0.25) is 0 Å². The standard InChI is InChI=1S/C21H42N4O/c1-18(2)23-9-6-20(7-10-23)24-8-5-19(17-24)21(3,4)25-13-11-22(12-14-25)15-16-26/h18-20,26H,5-17H2,1-4H3. The van der Waals surface area contributed by atoms with Crippen LogP contribution in [0.1, 0.15) is 47.0 Å². The van der Waals surface area contributed by atoms with Crippen molar-refractivity contribution in [2.24, 2.45) is 5.92 Å². The van der Waals surface area contributed by atoms with Crippen molar-refractivity contribution in [3.8, 4) is 0 Å². The number of β-amino-alcohol motifs (C(OH)–C–C–N with tert-alkyl or cyclic N) is 1. The molecule has 5 nitrogen and oxygen atoms in total. The molecule has 3 aliphatic heterocycles. The molecule has 152 valence electrons. The highest BCUT2D eigenvalue weighted by Crippen LogP contribution is 2.35. The van der Waals surface area contributed by atoms with Crippen LogP contribution in [0.4, 0.5) is 0 Å². The van der Waals surface area contributed by atoms with Gasteiger partial charge in [0.05, 0.1) is 6.61 Å². The van der Waals surface area contributed by atoms with Gasteiger partial charge in [-0.05, 0) is 72.5 Å². The summed E-state index contributed by atoms with van der Waals surface area (Å²) in [5, 5.41) is 9.15. The first-order valence-corrected chi connectivity index (χ1v) is 11.0. The molecule has 0 bridgehead atoms. The van der Waals surface area contributed by atoms with Gasteiger partial charge in [-0.15, -0.1) is 0 Å². The lowest BCUT2D eigenvalue weighted by Gasteiger charge is -2.47. The van der Waals surface area contributed by atoms with Gasteiger partial charge in [0.1, 0.15) is 0 Å². The lowest BCUT2D eigenvalue weighted by molar-refractivity contribution is 0.0119. The van der Waals surface area contributed by atoms with Crippen LogP contribution >= 0.6 is 0 Å². The van der Waals surface area contributed by atoms with E-state index in [1.54, 1.807) is 0 Å². The average molecular weight is 367 g/mol. The van der Waals surface area contributed by atoms with Gasteiger partial charge in [-0.25, -0.2) is 0 Å². The van der Waals surface area contributed by atoms with E-state index in [2.05, 4.69) is 47.3 Å². The molecule has 1 unspecified atom stereocenters. The summed E-state index contributed by atoms with van der Waals surface area (Å²) in [6.45, 7) is 20.4. The van der Waals surface area contributed by atoms with E-state index in [9.17, 15) is 0 Å². The Morgan fingerprint density at radius 1 is 0.923 bits per heavy atom. The summed E-state index contributed by atoms with van der Waals surface area (Å²) in [4.78, 5) is 10.6. The highest BCUT2D eigenvalue weighted by molar-refractivity contribution is 4.97. The molecule has 3 heterocycles. The molecule has 1 atom stereocenters. The minimum absolute atomic E-state index is 0.288. The van der Waals surface area contributed by atoms with Gasteiger partial charge in [-0.2, -0.15) is 0 Å². The molecule has 3 fully saturated rings. The zero-order valence-electron chi connectivity index (χ0n) is 17.7. The molecule has 0 saturated carbocycles. The Balaban J connectivity index is 1.48. The third kappa shape index (κ3) is 4.61. The monoisotopic (exact) mass is 366 g/mol. The van der Waals surface area contributed by atoms with Gasteiger partial charge in [0.15, 0.2) is 0 Å². The highest BCUT2D eigenvalue weighted by Gasteiger charge is 2.42. The average Bonchev–Trinajstić information content (AvgIpc) is 3.13. The fourth-order valence-electron chi connectivity index (χ4n) is 5.41. The molecule has 0 aromatic carbocycles. The molecule has 0 aromatic heterocycles. The molecular weight excluding hydrogens is 324 g/mol. The second kappa shape index (κ2) is 8.87. The van der Waals surface area contributed by atoms with Crippen molar-refractivity contribution in [2.75, 3.05) is 65.5 Å². The van der Waals surface area contributed by atoms with E-state index in [0.717, 1.165) is 44.7 Å². The third-order valence-corrected chi connectivity index (χ3v) is 7.57. The van der Waals surface area contributed by atoms with Gasteiger partial charge in [-0.3, -0.25) is 14.7 Å². The molecule has 3 rings (SSSR count). The van der Waals surface area contributed by atoms with E-state index in [1.165, 1.54) is 45.4 Å². The van der Waals surface area contributed by atoms with Gasteiger partial charge in [-0.1, -0.05) is 0 Å². The predicted octanol–water partition coefficient (Wildman–Crippen LogP) is 1.57. The van der Waals surface area contributed by atoms with Crippen LogP contribution in [0.3, 0.4) is 0 Å². The minimum atomic E-state index is 0.288. The second-order valence-electron chi connectivity index (χ2n) is 9.55. The Labute approximate surface area is 161 Å². The Hall–Kier alpha value is -0.200. The number of aliphatic hydroxyl groups excluding tert-OH is 1. The summed E-state index contributed by atoms with van der Waals surface area (Å²) in [5.74, 6) is 0.787. The van der Waals surface area contributed by atoms with Crippen LogP contribution in [0.25, 0.3) is 0 Å². The van der Waals surface area contributed by atoms with E-state index in [4.69, 9.17) is 5.11 Å². The van der Waals surface area contributed by atoms with Gasteiger partial charge in [0.2, 0.25) is 0 Å². The first-order valence-electron chi connectivity index (χ1n) is 11.0. The van der Waals surface area contributed by atoms with E-state index >= 15 is 0 Å². The molecule has 0 amide bonds. The predicted molar refractivity (Wildman–Crippen MR) is 109 cm³/mol. The van der Waals surface area contributed by atoms with Crippen molar-refractivity contribution in [1.29, 1.82) is 0 Å². The van der Waals surface area contributed by atoms with Crippen molar-refractivity contribution < 1.29 is 5.11 Å². The number of hydrogen-bond acceptors (Lipinski definition) is 5. The summed E-state index contributed by atoms with van der Waals surface area (Å²) in [5.41, 5.74) is 0.290. The van der Waals surface area contributed by atoms with Crippen LogP contribution in [0.5, 0.6) is 0 Å². The Morgan fingerprint density at radius 3 is 2.15 bits per heavy atom. The first-order chi connectivity index (χ1) is 12.4. The third-order valence-electron chi connectivity index (χ3n) is 7.57. The number of rotatable bonds is 6. The SMILES string of the molecule is CC(C)N1CCC(N2CCC(C(C)(C)N3CCN(CCO)CC3)C2)CC1. The molecule has 0 spiro atoms. The van der Waals surface area contributed by atoms with Crippen molar-refractivity contribution in [3.63, 3.8) is 0 Å². The Kier molecular flexibility index (Phi) is 7.00. The summed E-state index contributed by atoms with van der Waals surface area (Å²) in [6.07, 6.45) is 4.06. The molecule has 1 N–H and O–H groups in total. The topological polar surface area (TPSA) is 33.2 Å². The van der Waals surface area contributed by atoms with Crippen molar-refractivity contribution >= 4 is 0 Å². The lowest BCUT2D eigenvalue weighted by atomic mass is 9.84. The number of piperidine rings is 1. The largest absolute Gasteiger partial charge is 0.395 e. The van der Waals surface area contributed by atoms with Gasteiger partial charge >= 0.3 is 0 Å². The molecule has 0 radical (unpaired) electrons. The molecule has 3 saturated heterocycles. The number of piperazine rings is 1. The first kappa shape index (κ1) is 20.5. The molecule has 0 aliphatic carbocycles. The fraction of sp³-hybridized carbons (Fsp3) is 1.00. The smallest absolute Gasteiger partial charge is 0.0558 e. The molecular formula is C21H42N4O. The van der Waals surface area contributed by atoms with E-state index in [1.807, 2.05) is 0 Å². The quantitative estimate of drug-likeness (QED) is 0.772.